The number of hydrogen-bond acceptors (Lipinski definition) is 4. The Labute approximate surface area is 264 Å². The Hall–Kier alpha value is -4.09. The van der Waals surface area contributed by atoms with E-state index in [2.05, 4.69) is 131 Å². The van der Waals surface area contributed by atoms with Crippen LogP contribution in [0.3, 0.4) is 0 Å². The Morgan fingerprint density at radius 2 is 1.32 bits per heavy atom. The van der Waals surface area contributed by atoms with Gasteiger partial charge in [0.05, 0.1) is 11.4 Å². The van der Waals surface area contributed by atoms with Crippen LogP contribution < -0.4 is 30.8 Å². The molecule has 0 saturated carbocycles. The van der Waals surface area contributed by atoms with Gasteiger partial charge in [-0.2, -0.15) is 0 Å². The highest BCUT2D eigenvalue weighted by molar-refractivity contribution is 7.99. The van der Waals surface area contributed by atoms with E-state index in [9.17, 15) is 0 Å². The molecule has 4 aliphatic rings. The molecule has 3 nitrogen and oxygen atoms in total. The van der Waals surface area contributed by atoms with Crippen molar-refractivity contribution in [2.75, 3.05) is 4.90 Å². The van der Waals surface area contributed by atoms with Gasteiger partial charge in [0, 0.05) is 32.6 Å². The third-order valence-electron chi connectivity index (χ3n) is 10.2. The molecule has 0 bridgehead atoms. The van der Waals surface area contributed by atoms with Crippen LogP contribution >= 0.6 is 11.8 Å². The molecule has 3 heterocycles. The van der Waals surface area contributed by atoms with Gasteiger partial charge in [-0.05, 0) is 95.1 Å². The first-order valence-electron chi connectivity index (χ1n) is 15.7. The number of anilines is 3. The molecule has 216 valence electrons. The molecule has 0 atom stereocenters. The molecule has 3 aliphatic heterocycles. The van der Waals surface area contributed by atoms with Gasteiger partial charge in [-0.1, -0.05) is 81.9 Å². The van der Waals surface area contributed by atoms with Gasteiger partial charge in [0.1, 0.15) is 23.0 Å². The van der Waals surface area contributed by atoms with Crippen molar-refractivity contribution in [3.8, 4) is 23.0 Å². The standard InChI is InChI=1S/C39H34BNO2S/c1-23-20-31-36-32(21-23)43-37-27(17-15-25-35(37)39(4,5)19-18-38(25,2)3)40(36)26-16-14-24(22-30(26)42-31)41-28-10-6-8-12-33(28)44-34-13-9-7-11-29(34)41/h6-17,20-22H,18-19H2,1-5H3. The lowest BCUT2D eigenvalue weighted by Crippen LogP contribution is -2.58. The number of ether oxygens (including phenoxy) is 2. The maximum atomic E-state index is 6.95. The van der Waals surface area contributed by atoms with Crippen molar-refractivity contribution in [1.82, 2.24) is 0 Å². The molecule has 0 fully saturated rings. The van der Waals surface area contributed by atoms with Crippen LogP contribution in [0, 0.1) is 6.92 Å². The lowest BCUT2D eigenvalue weighted by Gasteiger charge is -2.44. The maximum Gasteiger partial charge on any atom is 0.260 e. The van der Waals surface area contributed by atoms with Gasteiger partial charge < -0.3 is 14.4 Å². The summed E-state index contributed by atoms with van der Waals surface area (Å²) in [7, 11) is 0. The van der Waals surface area contributed by atoms with E-state index in [1.54, 1.807) is 0 Å². The molecule has 0 saturated heterocycles. The van der Waals surface area contributed by atoms with Crippen molar-refractivity contribution >= 4 is 51.9 Å². The molecule has 1 aliphatic carbocycles. The van der Waals surface area contributed by atoms with Gasteiger partial charge in [-0.15, -0.1) is 0 Å². The summed E-state index contributed by atoms with van der Waals surface area (Å²) in [6.45, 7) is 11.7. The van der Waals surface area contributed by atoms with E-state index in [1.165, 1.54) is 49.6 Å². The molecule has 44 heavy (non-hydrogen) atoms. The summed E-state index contributed by atoms with van der Waals surface area (Å²) < 4.78 is 13.8. The van der Waals surface area contributed by atoms with Crippen LogP contribution in [0.25, 0.3) is 0 Å². The Bertz CT molecular complexity index is 2000. The zero-order valence-electron chi connectivity index (χ0n) is 25.8. The average molecular weight is 592 g/mol. The predicted octanol–water partition coefficient (Wildman–Crippen LogP) is 9.01. The van der Waals surface area contributed by atoms with Gasteiger partial charge in [0.15, 0.2) is 0 Å². The van der Waals surface area contributed by atoms with Gasteiger partial charge in [-0.25, -0.2) is 0 Å². The second-order valence-corrected chi connectivity index (χ2v) is 15.2. The molecule has 5 heteroatoms. The predicted molar refractivity (Wildman–Crippen MR) is 183 cm³/mol. The summed E-state index contributed by atoms with van der Waals surface area (Å²) in [5, 5.41) is 0. The van der Waals surface area contributed by atoms with Crippen molar-refractivity contribution in [2.45, 2.75) is 68.1 Å². The van der Waals surface area contributed by atoms with E-state index in [0.717, 1.165) is 46.1 Å². The number of nitrogens with zero attached hydrogens (tertiary/aromatic N) is 1. The van der Waals surface area contributed by atoms with Crippen molar-refractivity contribution in [1.29, 1.82) is 0 Å². The normalized spacial score (nSPS) is 17.6. The molecule has 0 amide bonds. The van der Waals surface area contributed by atoms with E-state index in [-0.39, 0.29) is 17.5 Å². The first-order chi connectivity index (χ1) is 21.2. The lowest BCUT2D eigenvalue weighted by molar-refractivity contribution is 0.320. The molecule has 0 N–H and O–H groups in total. The molecule has 0 aromatic heterocycles. The number of benzene rings is 5. The fourth-order valence-electron chi connectivity index (χ4n) is 7.92. The van der Waals surface area contributed by atoms with Gasteiger partial charge in [0.2, 0.25) is 0 Å². The molecule has 9 rings (SSSR count). The molecule has 5 aromatic rings. The van der Waals surface area contributed by atoms with Crippen molar-refractivity contribution in [2.24, 2.45) is 0 Å². The van der Waals surface area contributed by atoms with E-state index < -0.39 is 0 Å². The average Bonchev–Trinajstić information content (AvgIpc) is 3.01. The maximum absolute atomic E-state index is 6.95. The van der Waals surface area contributed by atoms with Crippen LogP contribution in [0.15, 0.2) is 101 Å². The molecule has 5 aromatic carbocycles. The van der Waals surface area contributed by atoms with E-state index in [4.69, 9.17) is 9.47 Å². The molecular formula is C39H34BNO2S. The van der Waals surface area contributed by atoms with Crippen LogP contribution in [0.1, 0.15) is 57.2 Å². The number of aryl methyl sites for hydroxylation is 1. The fraction of sp³-hybridized carbons (Fsp3) is 0.231. The van der Waals surface area contributed by atoms with E-state index >= 15 is 0 Å². The van der Waals surface area contributed by atoms with Gasteiger partial charge in [-0.3, -0.25) is 0 Å². The highest BCUT2D eigenvalue weighted by Crippen LogP contribution is 2.53. The quantitative estimate of drug-likeness (QED) is 0.178. The summed E-state index contributed by atoms with van der Waals surface area (Å²) in [5.41, 5.74) is 11.1. The molecule has 0 radical (unpaired) electrons. The summed E-state index contributed by atoms with van der Waals surface area (Å²) in [6.07, 6.45) is 2.32. The largest absolute Gasteiger partial charge is 0.458 e. The third-order valence-corrected chi connectivity index (χ3v) is 11.4. The smallest absolute Gasteiger partial charge is 0.260 e. The summed E-state index contributed by atoms with van der Waals surface area (Å²) in [6, 6.07) is 33.2. The molecule has 0 spiro atoms. The Morgan fingerprint density at radius 3 is 2.05 bits per heavy atom. The van der Waals surface area contributed by atoms with Crippen LogP contribution in [-0.4, -0.2) is 6.71 Å². The summed E-state index contributed by atoms with van der Waals surface area (Å²) >= 11 is 1.83. The molecular weight excluding hydrogens is 557 g/mol. The minimum Gasteiger partial charge on any atom is -0.458 e. The number of fused-ring (bicyclic) bond motifs is 8. The third kappa shape index (κ3) is 3.65. The van der Waals surface area contributed by atoms with E-state index in [1.807, 2.05) is 11.8 Å². The number of para-hydroxylation sites is 2. The summed E-state index contributed by atoms with van der Waals surface area (Å²) in [5.74, 6) is 3.79. The topological polar surface area (TPSA) is 21.7 Å². The SMILES string of the molecule is Cc1cc2c3c(c1)Oc1c(ccc4c1C(C)(C)CCC4(C)C)B3c1ccc(N3c4ccccc4Sc4ccccc43)cc1O2. The zero-order chi connectivity index (χ0) is 30.0. The zero-order valence-corrected chi connectivity index (χ0v) is 26.6. The summed E-state index contributed by atoms with van der Waals surface area (Å²) in [4.78, 5) is 4.88. The Morgan fingerprint density at radius 1 is 0.682 bits per heavy atom. The van der Waals surface area contributed by atoms with Gasteiger partial charge in [0.25, 0.3) is 6.71 Å². The monoisotopic (exact) mass is 591 g/mol. The van der Waals surface area contributed by atoms with Crippen LogP contribution in [-0.2, 0) is 10.8 Å². The minimum atomic E-state index is 0.0330. The number of hydrogen-bond donors (Lipinski definition) is 0. The Balaban J connectivity index is 1.26. The molecule has 0 unspecified atom stereocenters. The van der Waals surface area contributed by atoms with E-state index in [0.29, 0.717) is 0 Å². The second-order valence-electron chi connectivity index (χ2n) is 14.1. The number of rotatable bonds is 1. The van der Waals surface area contributed by atoms with Crippen molar-refractivity contribution in [3.05, 3.63) is 108 Å². The van der Waals surface area contributed by atoms with Crippen LogP contribution in [0.5, 0.6) is 23.0 Å². The second kappa shape index (κ2) is 8.98. The minimum absolute atomic E-state index is 0.0330. The highest BCUT2D eigenvalue weighted by atomic mass is 32.2. The van der Waals surface area contributed by atoms with Crippen LogP contribution in [0.2, 0.25) is 0 Å². The first kappa shape index (κ1) is 26.3. The van der Waals surface area contributed by atoms with Crippen molar-refractivity contribution < 1.29 is 9.47 Å². The highest BCUT2D eigenvalue weighted by Gasteiger charge is 2.46. The van der Waals surface area contributed by atoms with Crippen LogP contribution in [0.4, 0.5) is 17.1 Å². The Kier molecular flexibility index (Phi) is 5.38. The van der Waals surface area contributed by atoms with Crippen molar-refractivity contribution in [3.63, 3.8) is 0 Å². The first-order valence-corrected chi connectivity index (χ1v) is 16.5. The fourth-order valence-corrected chi connectivity index (χ4v) is 8.98. The lowest BCUT2D eigenvalue weighted by atomic mass is 9.34. The van der Waals surface area contributed by atoms with Gasteiger partial charge >= 0.3 is 0 Å².